The normalized spacial score (nSPS) is 15.9. The van der Waals surface area contributed by atoms with Crippen molar-refractivity contribution in [1.29, 1.82) is 0 Å². The van der Waals surface area contributed by atoms with E-state index in [1.807, 2.05) is 13.1 Å². The topological polar surface area (TPSA) is 83.8 Å². The molecule has 7 heteroatoms. The lowest BCUT2D eigenvalue weighted by Gasteiger charge is -2.22. The Morgan fingerprint density at radius 3 is 2.79 bits per heavy atom. The highest BCUT2D eigenvalue weighted by Gasteiger charge is 2.22. The van der Waals surface area contributed by atoms with Crippen molar-refractivity contribution < 1.29 is 0 Å². The predicted molar refractivity (Wildman–Crippen MR) is 110 cm³/mol. The van der Waals surface area contributed by atoms with E-state index in [0.29, 0.717) is 11.8 Å². The van der Waals surface area contributed by atoms with E-state index in [1.165, 1.54) is 11.3 Å². The molecular weight excluding hydrogens is 350 g/mol. The van der Waals surface area contributed by atoms with Gasteiger partial charge in [0.15, 0.2) is 5.65 Å². The summed E-state index contributed by atoms with van der Waals surface area (Å²) in [6.07, 6.45) is 4.30. The van der Waals surface area contributed by atoms with Crippen LogP contribution in [0.3, 0.4) is 0 Å². The molecule has 1 fully saturated rings. The summed E-state index contributed by atoms with van der Waals surface area (Å²) in [6.45, 7) is 8.65. The average molecular weight is 375 g/mol. The molecular formula is C21H25N7. The van der Waals surface area contributed by atoms with Crippen molar-refractivity contribution in [3.05, 3.63) is 41.2 Å². The van der Waals surface area contributed by atoms with E-state index in [2.05, 4.69) is 57.9 Å². The molecule has 4 aromatic rings. The Kier molecular flexibility index (Phi) is 4.12. The van der Waals surface area contributed by atoms with Gasteiger partial charge in [0.2, 0.25) is 0 Å². The first-order valence-corrected chi connectivity index (χ1v) is 10.0. The number of hydrogen-bond acceptors (Lipinski definition) is 5. The first kappa shape index (κ1) is 17.3. The van der Waals surface area contributed by atoms with Crippen LogP contribution in [0.1, 0.15) is 55.3 Å². The molecule has 1 aliphatic rings. The molecule has 0 unspecified atom stereocenters. The molecule has 2 N–H and O–H groups in total. The minimum absolute atomic E-state index is 0.351. The maximum Gasteiger partial charge on any atom is 0.182 e. The first-order chi connectivity index (χ1) is 13.6. The number of aromatic amines is 1. The Morgan fingerprint density at radius 2 is 2.00 bits per heavy atom. The summed E-state index contributed by atoms with van der Waals surface area (Å²) in [5, 5.41) is 15.4. The van der Waals surface area contributed by atoms with Gasteiger partial charge in [-0.2, -0.15) is 4.52 Å². The number of piperidine rings is 1. The molecule has 0 radical (unpaired) electrons. The van der Waals surface area contributed by atoms with Crippen LogP contribution in [0.5, 0.6) is 0 Å². The summed E-state index contributed by atoms with van der Waals surface area (Å²) >= 11 is 0. The second kappa shape index (κ2) is 6.67. The molecule has 0 bridgehead atoms. The first-order valence-electron chi connectivity index (χ1n) is 10.0. The zero-order chi connectivity index (χ0) is 19.3. The van der Waals surface area contributed by atoms with Crippen LogP contribution < -0.4 is 5.32 Å². The number of tetrazole rings is 1. The predicted octanol–water partition coefficient (Wildman–Crippen LogP) is 3.57. The molecule has 0 saturated carbocycles. The Labute approximate surface area is 163 Å². The van der Waals surface area contributed by atoms with Gasteiger partial charge in [0.25, 0.3) is 0 Å². The van der Waals surface area contributed by atoms with Gasteiger partial charge in [0.05, 0.1) is 16.7 Å². The SMILES string of the molecule is Cc1cc(-c2[nH]c3ccc(C4CCNCC4)nc3c2C(C)C)cn2nnnc12. The summed E-state index contributed by atoms with van der Waals surface area (Å²) in [4.78, 5) is 8.75. The summed E-state index contributed by atoms with van der Waals surface area (Å²) < 4.78 is 1.74. The highest BCUT2D eigenvalue weighted by atomic mass is 15.5. The summed E-state index contributed by atoms with van der Waals surface area (Å²) in [5.74, 6) is 0.897. The molecule has 4 aromatic heterocycles. The summed E-state index contributed by atoms with van der Waals surface area (Å²) in [5.41, 5.74) is 8.70. The zero-order valence-corrected chi connectivity index (χ0v) is 16.5. The third-order valence-electron chi connectivity index (χ3n) is 5.80. The van der Waals surface area contributed by atoms with Gasteiger partial charge < -0.3 is 10.3 Å². The molecule has 0 amide bonds. The molecule has 1 aliphatic heterocycles. The minimum atomic E-state index is 0.351. The quantitative estimate of drug-likeness (QED) is 0.572. The van der Waals surface area contributed by atoms with E-state index >= 15 is 0 Å². The molecule has 0 atom stereocenters. The minimum Gasteiger partial charge on any atom is -0.353 e. The lowest BCUT2D eigenvalue weighted by atomic mass is 9.93. The van der Waals surface area contributed by atoms with Crippen LogP contribution in [-0.4, -0.2) is 43.1 Å². The second-order valence-corrected chi connectivity index (χ2v) is 8.08. The van der Waals surface area contributed by atoms with Gasteiger partial charge in [0, 0.05) is 28.9 Å². The Hall–Kier alpha value is -2.80. The van der Waals surface area contributed by atoms with Crippen molar-refractivity contribution in [2.75, 3.05) is 13.1 Å². The summed E-state index contributed by atoms with van der Waals surface area (Å²) in [6, 6.07) is 6.53. The number of rotatable bonds is 3. The zero-order valence-electron chi connectivity index (χ0n) is 16.5. The molecule has 5 rings (SSSR count). The van der Waals surface area contributed by atoms with Crippen LogP contribution in [0.15, 0.2) is 24.4 Å². The Balaban J connectivity index is 1.68. The molecule has 28 heavy (non-hydrogen) atoms. The van der Waals surface area contributed by atoms with Gasteiger partial charge in [0.1, 0.15) is 0 Å². The molecule has 0 aliphatic carbocycles. The molecule has 7 nitrogen and oxygen atoms in total. The number of nitrogens with one attached hydrogen (secondary N) is 2. The number of H-pyrrole nitrogens is 1. The Morgan fingerprint density at radius 1 is 1.18 bits per heavy atom. The van der Waals surface area contributed by atoms with Gasteiger partial charge in [-0.15, -0.1) is 5.10 Å². The van der Waals surface area contributed by atoms with Crippen molar-refractivity contribution >= 4 is 16.7 Å². The van der Waals surface area contributed by atoms with Crippen molar-refractivity contribution in [1.82, 2.24) is 35.3 Å². The number of hydrogen-bond donors (Lipinski definition) is 2. The second-order valence-electron chi connectivity index (χ2n) is 8.08. The number of fused-ring (bicyclic) bond motifs is 2. The van der Waals surface area contributed by atoms with E-state index in [0.717, 1.165) is 59.4 Å². The smallest absolute Gasteiger partial charge is 0.182 e. The van der Waals surface area contributed by atoms with Crippen LogP contribution >= 0.6 is 0 Å². The van der Waals surface area contributed by atoms with Crippen molar-refractivity contribution in [2.24, 2.45) is 0 Å². The van der Waals surface area contributed by atoms with Gasteiger partial charge in [-0.25, -0.2) is 0 Å². The van der Waals surface area contributed by atoms with Crippen LogP contribution in [-0.2, 0) is 0 Å². The van der Waals surface area contributed by atoms with E-state index in [1.54, 1.807) is 4.52 Å². The number of aryl methyl sites for hydroxylation is 1. The fourth-order valence-corrected chi connectivity index (χ4v) is 4.38. The summed E-state index contributed by atoms with van der Waals surface area (Å²) in [7, 11) is 0. The molecule has 0 aromatic carbocycles. The molecule has 1 saturated heterocycles. The fourth-order valence-electron chi connectivity index (χ4n) is 4.38. The van der Waals surface area contributed by atoms with E-state index in [9.17, 15) is 0 Å². The van der Waals surface area contributed by atoms with Crippen LogP contribution in [0.2, 0.25) is 0 Å². The molecule has 5 heterocycles. The van der Waals surface area contributed by atoms with E-state index in [4.69, 9.17) is 4.98 Å². The van der Waals surface area contributed by atoms with Crippen molar-refractivity contribution in [3.63, 3.8) is 0 Å². The highest BCUT2D eigenvalue weighted by molar-refractivity contribution is 5.88. The number of pyridine rings is 2. The molecule has 144 valence electrons. The third kappa shape index (κ3) is 2.77. The maximum atomic E-state index is 5.13. The van der Waals surface area contributed by atoms with E-state index < -0.39 is 0 Å². The Bertz CT molecular complexity index is 1150. The third-order valence-corrected chi connectivity index (χ3v) is 5.80. The van der Waals surface area contributed by atoms with Crippen LogP contribution in [0.25, 0.3) is 27.9 Å². The van der Waals surface area contributed by atoms with E-state index in [-0.39, 0.29) is 0 Å². The highest BCUT2D eigenvalue weighted by Crippen LogP contribution is 2.36. The van der Waals surface area contributed by atoms with Gasteiger partial charge in [-0.1, -0.05) is 13.8 Å². The lowest BCUT2D eigenvalue weighted by molar-refractivity contribution is 0.454. The van der Waals surface area contributed by atoms with Crippen molar-refractivity contribution in [3.8, 4) is 11.3 Å². The largest absolute Gasteiger partial charge is 0.353 e. The van der Waals surface area contributed by atoms with Gasteiger partial charge in [-0.3, -0.25) is 4.98 Å². The van der Waals surface area contributed by atoms with Crippen molar-refractivity contribution in [2.45, 2.75) is 45.4 Å². The van der Waals surface area contributed by atoms with Gasteiger partial charge in [-0.05, 0) is 73.0 Å². The lowest BCUT2D eigenvalue weighted by Crippen LogP contribution is -2.27. The number of aromatic nitrogens is 6. The number of nitrogens with zero attached hydrogens (tertiary/aromatic N) is 5. The monoisotopic (exact) mass is 375 g/mol. The van der Waals surface area contributed by atoms with Gasteiger partial charge >= 0.3 is 0 Å². The molecule has 0 spiro atoms. The van der Waals surface area contributed by atoms with Crippen LogP contribution in [0.4, 0.5) is 0 Å². The fraction of sp³-hybridized carbons (Fsp3) is 0.429. The van der Waals surface area contributed by atoms with Crippen LogP contribution in [0, 0.1) is 6.92 Å². The standard InChI is InChI=1S/C21H25N7/c1-12(2)18-19(15-10-13(3)21-25-26-27-28(21)11-15)24-17-5-4-16(23-20(17)18)14-6-8-22-9-7-14/h4-5,10-12,14,22,24H,6-9H2,1-3H3. The maximum absolute atomic E-state index is 5.13. The average Bonchev–Trinajstić information content (AvgIpc) is 3.32.